The van der Waals surface area contributed by atoms with Crippen LogP contribution in [0, 0.1) is 13.8 Å². The van der Waals surface area contributed by atoms with Crippen molar-refractivity contribution in [3.8, 4) is 5.75 Å². The van der Waals surface area contributed by atoms with Crippen LogP contribution < -0.4 is 10.1 Å². The highest BCUT2D eigenvalue weighted by Crippen LogP contribution is 2.33. The number of nitrogens with zero attached hydrogens (tertiary/aromatic N) is 1. The van der Waals surface area contributed by atoms with E-state index in [0.29, 0.717) is 16.3 Å². The Morgan fingerprint density at radius 3 is 2.57 bits per heavy atom. The monoisotopic (exact) mass is 310 g/mol. The second-order valence-corrected chi connectivity index (χ2v) is 5.91. The highest BCUT2D eigenvalue weighted by molar-refractivity contribution is 6.32. The quantitative estimate of drug-likeness (QED) is 0.867. The number of halogens is 1. The second kappa shape index (κ2) is 6.77. The third-order valence-electron chi connectivity index (χ3n) is 4.19. The van der Waals surface area contributed by atoms with Gasteiger partial charge in [0.1, 0.15) is 5.75 Å². The van der Waals surface area contributed by atoms with Crippen molar-refractivity contribution >= 4 is 17.4 Å². The number of methoxy groups -OCH3 is 1. The number of piperazine rings is 1. The van der Waals surface area contributed by atoms with Crippen molar-refractivity contribution in [2.75, 3.05) is 33.3 Å². The van der Waals surface area contributed by atoms with Gasteiger partial charge in [-0.1, -0.05) is 11.6 Å². The summed E-state index contributed by atoms with van der Waals surface area (Å²) >= 11 is 6.31. The highest BCUT2D eigenvalue weighted by Gasteiger charge is 2.28. The van der Waals surface area contributed by atoms with Gasteiger partial charge in [0.15, 0.2) is 5.78 Å². The van der Waals surface area contributed by atoms with Crippen molar-refractivity contribution in [1.82, 2.24) is 10.2 Å². The number of aryl methyl sites for hydroxylation is 1. The van der Waals surface area contributed by atoms with Gasteiger partial charge in [-0.15, -0.1) is 0 Å². The van der Waals surface area contributed by atoms with Crippen molar-refractivity contribution in [3.05, 3.63) is 27.8 Å². The molecule has 1 aromatic carbocycles. The zero-order chi connectivity index (χ0) is 15.6. The van der Waals surface area contributed by atoms with Crippen LogP contribution >= 0.6 is 11.6 Å². The molecule has 0 radical (unpaired) electrons. The smallest absolute Gasteiger partial charge is 0.183 e. The molecule has 116 valence electrons. The first-order chi connectivity index (χ1) is 9.97. The van der Waals surface area contributed by atoms with Crippen molar-refractivity contribution in [1.29, 1.82) is 0 Å². The average Bonchev–Trinajstić information content (AvgIpc) is 2.51. The largest absolute Gasteiger partial charge is 0.496 e. The molecule has 0 amide bonds. The summed E-state index contributed by atoms with van der Waals surface area (Å²) in [6.07, 6.45) is 0. The molecule has 4 nitrogen and oxygen atoms in total. The van der Waals surface area contributed by atoms with E-state index in [-0.39, 0.29) is 11.8 Å². The van der Waals surface area contributed by atoms with E-state index in [1.807, 2.05) is 26.8 Å². The predicted molar refractivity (Wildman–Crippen MR) is 85.7 cm³/mol. The summed E-state index contributed by atoms with van der Waals surface area (Å²) in [6.45, 7) is 9.37. The lowest BCUT2D eigenvalue weighted by atomic mass is 9.96. The van der Waals surface area contributed by atoms with Crippen molar-refractivity contribution < 1.29 is 9.53 Å². The fourth-order valence-electron chi connectivity index (χ4n) is 2.83. The van der Waals surface area contributed by atoms with E-state index in [2.05, 4.69) is 10.2 Å². The van der Waals surface area contributed by atoms with Crippen LogP contribution in [0.4, 0.5) is 0 Å². The molecule has 1 aliphatic heterocycles. The lowest BCUT2D eigenvalue weighted by molar-refractivity contribution is 0.0816. The van der Waals surface area contributed by atoms with Gasteiger partial charge in [-0.25, -0.2) is 0 Å². The number of carbonyl (C=O) groups is 1. The summed E-state index contributed by atoms with van der Waals surface area (Å²) in [4.78, 5) is 15.1. The number of nitrogens with one attached hydrogen (secondary N) is 1. The van der Waals surface area contributed by atoms with Gasteiger partial charge in [-0.2, -0.15) is 0 Å². The Kier molecular flexibility index (Phi) is 5.25. The van der Waals surface area contributed by atoms with E-state index in [9.17, 15) is 4.79 Å². The predicted octanol–water partition coefficient (Wildman–Crippen LogP) is 2.44. The molecule has 1 heterocycles. The first-order valence-electron chi connectivity index (χ1n) is 7.30. The molecule has 5 heteroatoms. The van der Waals surface area contributed by atoms with Crippen LogP contribution in [0.5, 0.6) is 5.75 Å². The van der Waals surface area contributed by atoms with Gasteiger partial charge in [0.25, 0.3) is 0 Å². The summed E-state index contributed by atoms with van der Waals surface area (Å²) < 4.78 is 5.41. The van der Waals surface area contributed by atoms with Crippen LogP contribution in [0.25, 0.3) is 0 Å². The molecule has 0 aromatic heterocycles. The van der Waals surface area contributed by atoms with Gasteiger partial charge in [0.2, 0.25) is 0 Å². The Morgan fingerprint density at radius 1 is 1.38 bits per heavy atom. The zero-order valence-electron chi connectivity index (χ0n) is 13.1. The molecular weight excluding hydrogens is 288 g/mol. The fraction of sp³-hybridized carbons (Fsp3) is 0.562. The maximum Gasteiger partial charge on any atom is 0.183 e. The third-order valence-corrected chi connectivity index (χ3v) is 4.77. The Bertz CT molecular complexity index is 540. The summed E-state index contributed by atoms with van der Waals surface area (Å²) in [6, 6.07) is 1.67. The van der Waals surface area contributed by atoms with Gasteiger partial charge >= 0.3 is 0 Å². The maximum atomic E-state index is 12.9. The van der Waals surface area contributed by atoms with Crippen LogP contribution in [0.3, 0.4) is 0 Å². The number of ether oxygens (including phenoxy) is 1. The number of Topliss-reactive ketones (excluding diaryl/α,β-unsaturated/α-hetero) is 1. The minimum absolute atomic E-state index is 0.0770. The van der Waals surface area contributed by atoms with E-state index in [4.69, 9.17) is 16.3 Å². The van der Waals surface area contributed by atoms with Gasteiger partial charge in [0, 0.05) is 31.2 Å². The molecule has 1 saturated heterocycles. The summed E-state index contributed by atoms with van der Waals surface area (Å²) in [5, 5.41) is 3.95. The Labute approximate surface area is 131 Å². The van der Waals surface area contributed by atoms with Crippen LogP contribution in [-0.2, 0) is 0 Å². The number of hydrogen-bond donors (Lipinski definition) is 1. The second-order valence-electron chi connectivity index (χ2n) is 5.54. The molecule has 1 N–H and O–H groups in total. The van der Waals surface area contributed by atoms with Crippen molar-refractivity contribution in [2.45, 2.75) is 26.8 Å². The van der Waals surface area contributed by atoms with Crippen LogP contribution in [-0.4, -0.2) is 50.0 Å². The summed E-state index contributed by atoms with van der Waals surface area (Å²) in [7, 11) is 1.59. The molecular formula is C16H23ClN2O2. The van der Waals surface area contributed by atoms with E-state index in [1.165, 1.54) is 0 Å². The lowest BCUT2D eigenvalue weighted by Crippen LogP contribution is -2.50. The molecule has 1 aromatic rings. The molecule has 0 saturated carbocycles. The molecule has 0 spiro atoms. The molecule has 0 aliphatic carbocycles. The minimum Gasteiger partial charge on any atom is -0.496 e. The summed E-state index contributed by atoms with van der Waals surface area (Å²) in [5.74, 6) is 0.689. The fourth-order valence-corrected chi connectivity index (χ4v) is 2.98. The molecule has 1 aliphatic rings. The van der Waals surface area contributed by atoms with E-state index >= 15 is 0 Å². The number of hydrogen-bond acceptors (Lipinski definition) is 4. The number of benzene rings is 1. The number of ketones is 1. The normalized spacial score (nSPS) is 17.6. The lowest BCUT2D eigenvalue weighted by Gasteiger charge is -2.32. The van der Waals surface area contributed by atoms with Gasteiger partial charge < -0.3 is 10.1 Å². The SMILES string of the molecule is COc1cc(C)c(Cl)c(C)c1C(=O)C(C)N1CCNCC1. The van der Waals surface area contributed by atoms with E-state index in [1.54, 1.807) is 7.11 Å². The molecule has 1 unspecified atom stereocenters. The first-order valence-corrected chi connectivity index (χ1v) is 7.67. The van der Waals surface area contributed by atoms with Crippen LogP contribution in [0.2, 0.25) is 5.02 Å². The topological polar surface area (TPSA) is 41.6 Å². The third kappa shape index (κ3) is 3.23. The number of rotatable bonds is 4. The van der Waals surface area contributed by atoms with Crippen LogP contribution in [0.1, 0.15) is 28.4 Å². The minimum atomic E-state index is -0.168. The number of carbonyl (C=O) groups excluding carboxylic acids is 1. The average molecular weight is 311 g/mol. The van der Waals surface area contributed by atoms with Crippen LogP contribution in [0.15, 0.2) is 6.07 Å². The molecule has 1 atom stereocenters. The maximum absolute atomic E-state index is 12.9. The van der Waals surface area contributed by atoms with Gasteiger partial charge in [-0.3, -0.25) is 9.69 Å². The van der Waals surface area contributed by atoms with Gasteiger partial charge in [0.05, 0.1) is 18.7 Å². The highest BCUT2D eigenvalue weighted by atomic mass is 35.5. The summed E-state index contributed by atoms with van der Waals surface area (Å²) in [5.41, 5.74) is 2.34. The van der Waals surface area contributed by atoms with E-state index in [0.717, 1.165) is 37.3 Å². The molecule has 21 heavy (non-hydrogen) atoms. The Morgan fingerprint density at radius 2 is 2.00 bits per heavy atom. The van der Waals surface area contributed by atoms with Gasteiger partial charge in [-0.05, 0) is 38.0 Å². The Hall–Kier alpha value is -1.10. The molecule has 0 bridgehead atoms. The zero-order valence-corrected chi connectivity index (χ0v) is 13.9. The Balaban J connectivity index is 2.35. The molecule has 1 fully saturated rings. The van der Waals surface area contributed by atoms with Crippen molar-refractivity contribution in [2.24, 2.45) is 0 Å². The van der Waals surface area contributed by atoms with E-state index < -0.39 is 0 Å². The van der Waals surface area contributed by atoms with Crippen molar-refractivity contribution in [3.63, 3.8) is 0 Å². The standard InChI is InChI=1S/C16H23ClN2O2/c1-10-9-13(21-4)14(11(2)15(10)17)16(20)12(3)19-7-5-18-6-8-19/h9,12,18H,5-8H2,1-4H3. The molecule has 2 rings (SSSR count). The first kappa shape index (κ1) is 16.3.